The van der Waals surface area contributed by atoms with Crippen LogP contribution in [-0.2, 0) is 9.59 Å². The maximum atomic E-state index is 12.9. The molecule has 1 aliphatic heterocycles. The van der Waals surface area contributed by atoms with Crippen molar-refractivity contribution >= 4 is 41.2 Å². The first-order chi connectivity index (χ1) is 12.9. The summed E-state index contributed by atoms with van der Waals surface area (Å²) >= 11 is 6.04. The number of hydrogen-bond acceptors (Lipinski definition) is 4. The molecule has 3 rings (SSSR count). The zero-order chi connectivity index (χ0) is 19.6. The van der Waals surface area contributed by atoms with E-state index in [9.17, 15) is 14.4 Å². The van der Waals surface area contributed by atoms with Crippen LogP contribution >= 0.6 is 11.6 Å². The molecule has 138 valence electrons. The first kappa shape index (κ1) is 18.7. The minimum Gasteiger partial charge on any atom is -0.493 e. The standard InChI is InChI=1S/C20H17ClN2O4/c1-3-27-17-9-6-14(21)10-13(17)11-16-18(24)22-20(26)23(19(16)25)15-7-4-12(2)5-8-15/h4-11H,3H2,1-2H3,(H,22,24,26)/b16-11+. The lowest BCUT2D eigenvalue weighted by atomic mass is 10.1. The zero-order valence-electron chi connectivity index (χ0n) is 14.8. The van der Waals surface area contributed by atoms with Crippen LogP contribution in [0.1, 0.15) is 18.1 Å². The van der Waals surface area contributed by atoms with E-state index in [4.69, 9.17) is 16.3 Å². The van der Waals surface area contributed by atoms with Gasteiger partial charge >= 0.3 is 6.03 Å². The number of rotatable bonds is 4. The Morgan fingerprint density at radius 3 is 2.48 bits per heavy atom. The summed E-state index contributed by atoms with van der Waals surface area (Å²) in [6.45, 7) is 4.12. The van der Waals surface area contributed by atoms with Gasteiger partial charge in [-0.3, -0.25) is 14.9 Å². The van der Waals surface area contributed by atoms with Gasteiger partial charge in [-0.15, -0.1) is 0 Å². The first-order valence-electron chi connectivity index (χ1n) is 8.31. The minimum absolute atomic E-state index is 0.182. The molecule has 2 aromatic rings. The summed E-state index contributed by atoms with van der Waals surface area (Å²) in [6, 6.07) is 11.0. The SMILES string of the molecule is CCOc1ccc(Cl)cc1/C=C1\C(=O)NC(=O)N(c2ccc(C)cc2)C1=O. The lowest BCUT2D eigenvalue weighted by molar-refractivity contribution is -0.122. The maximum Gasteiger partial charge on any atom is 0.335 e. The average molecular weight is 385 g/mol. The van der Waals surface area contributed by atoms with Crippen LogP contribution in [0.2, 0.25) is 5.02 Å². The number of urea groups is 1. The van der Waals surface area contributed by atoms with Gasteiger partial charge in [-0.1, -0.05) is 29.3 Å². The fourth-order valence-electron chi connectivity index (χ4n) is 2.66. The lowest BCUT2D eigenvalue weighted by Gasteiger charge is -2.26. The molecule has 0 radical (unpaired) electrons. The Bertz CT molecular complexity index is 951. The fourth-order valence-corrected chi connectivity index (χ4v) is 2.84. The van der Waals surface area contributed by atoms with Gasteiger partial charge in [-0.25, -0.2) is 9.69 Å². The van der Waals surface area contributed by atoms with Gasteiger partial charge in [-0.2, -0.15) is 0 Å². The van der Waals surface area contributed by atoms with E-state index >= 15 is 0 Å². The highest BCUT2D eigenvalue weighted by Gasteiger charge is 2.36. The Morgan fingerprint density at radius 2 is 1.81 bits per heavy atom. The zero-order valence-corrected chi connectivity index (χ0v) is 15.5. The van der Waals surface area contributed by atoms with Gasteiger partial charge < -0.3 is 4.74 Å². The third kappa shape index (κ3) is 3.85. The molecule has 4 amide bonds. The first-order valence-corrected chi connectivity index (χ1v) is 8.69. The van der Waals surface area contributed by atoms with Crippen LogP contribution in [0.25, 0.3) is 6.08 Å². The molecular weight excluding hydrogens is 368 g/mol. The quantitative estimate of drug-likeness (QED) is 0.644. The van der Waals surface area contributed by atoms with E-state index in [-0.39, 0.29) is 5.57 Å². The molecule has 1 heterocycles. The third-order valence-electron chi connectivity index (χ3n) is 3.97. The topological polar surface area (TPSA) is 75.7 Å². The summed E-state index contributed by atoms with van der Waals surface area (Å²) in [5.41, 5.74) is 1.65. The molecule has 0 saturated carbocycles. The van der Waals surface area contributed by atoms with Crippen molar-refractivity contribution in [2.24, 2.45) is 0 Å². The van der Waals surface area contributed by atoms with Gasteiger partial charge in [0.15, 0.2) is 0 Å². The number of imide groups is 2. The molecule has 6 nitrogen and oxygen atoms in total. The summed E-state index contributed by atoms with van der Waals surface area (Å²) in [6.07, 6.45) is 1.38. The largest absolute Gasteiger partial charge is 0.493 e. The Hall–Kier alpha value is -3.12. The number of barbiturate groups is 1. The second-order valence-corrected chi connectivity index (χ2v) is 6.34. The highest BCUT2D eigenvalue weighted by molar-refractivity contribution is 6.39. The summed E-state index contributed by atoms with van der Waals surface area (Å²) in [5, 5.41) is 2.63. The van der Waals surface area contributed by atoms with Crippen LogP contribution in [-0.4, -0.2) is 24.5 Å². The van der Waals surface area contributed by atoms with E-state index in [1.54, 1.807) is 42.5 Å². The number of carbonyl (C=O) groups is 3. The van der Waals surface area contributed by atoms with Crippen molar-refractivity contribution in [3.63, 3.8) is 0 Å². The molecule has 2 aromatic carbocycles. The number of hydrogen-bond donors (Lipinski definition) is 1. The number of carbonyl (C=O) groups excluding carboxylic acids is 3. The van der Waals surface area contributed by atoms with E-state index in [2.05, 4.69) is 5.32 Å². The number of anilines is 1. The summed E-state index contributed by atoms with van der Waals surface area (Å²) < 4.78 is 5.52. The lowest BCUT2D eigenvalue weighted by Crippen LogP contribution is -2.54. The van der Waals surface area contributed by atoms with Crippen molar-refractivity contribution in [1.29, 1.82) is 0 Å². The van der Waals surface area contributed by atoms with E-state index in [1.165, 1.54) is 6.08 Å². The van der Waals surface area contributed by atoms with E-state index in [0.717, 1.165) is 10.5 Å². The van der Waals surface area contributed by atoms with Gasteiger partial charge in [0.25, 0.3) is 11.8 Å². The maximum absolute atomic E-state index is 12.9. The van der Waals surface area contributed by atoms with Crippen LogP contribution in [0, 0.1) is 6.92 Å². The van der Waals surface area contributed by atoms with Crippen molar-refractivity contribution in [3.8, 4) is 5.75 Å². The second kappa shape index (κ2) is 7.63. The number of nitrogens with one attached hydrogen (secondary N) is 1. The van der Waals surface area contributed by atoms with Crippen LogP contribution in [0.3, 0.4) is 0 Å². The molecule has 0 aliphatic carbocycles. The molecular formula is C20H17ClN2O4. The van der Waals surface area contributed by atoms with Gasteiger partial charge in [0, 0.05) is 10.6 Å². The van der Waals surface area contributed by atoms with Gasteiger partial charge in [0.1, 0.15) is 11.3 Å². The summed E-state index contributed by atoms with van der Waals surface area (Å²) in [7, 11) is 0. The van der Waals surface area contributed by atoms with Gasteiger partial charge in [-0.05, 0) is 50.3 Å². The highest BCUT2D eigenvalue weighted by Crippen LogP contribution is 2.28. The number of aryl methyl sites for hydroxylation is 1. The minimum atomic E-state index is -0.790. The molecule has 1 N–H and O–H groups in total. The molecule has 7 heteroatoms. The molecule has 1 fully saturated rings. The van der Waals surface area contributed by atoms with Crippen LogP contribution < -0.4 is 15.0 Å². The van der Waals surface area contributed by atoms with E-state index in [1.807, 2.05) is 13.8 Å². The van der Waals surface area contributed by atoms with Crippen LogP contribution in [0.15, 0.2) is 48.0 Å². The number of ether oxygens (including phenoxy) is 1. The Morgan fingerprint density at radius 1 is 1.11 bits per heavy atom. The van der Waals surface area contributed by atoms with Crippen molar-refractivity contribution in [2.75, 3.05) is 11.5 Å². The van der Waals surface area contributed by atoms with Crippen molar-refractivity contribution in [2.45, 2.75) is 13.8 Å². The molecule has 1 saturated heterocycles. The summed E-state index contributed by atoms with van der Waals surface area (Å²) in [4.78, 5) is 38.3. The Labute approximate surface area is 161 Å². The number of nitrogens with zero attached hydrogens (tertiary/aromatic N) is 1. The van der Waals surface area contributed by atoms with Crippen LogP contribution in [0.5, 0.6) is 5.75 Å². The van der Waals surface area contributed by atoms with E-state index in [0.29, 0.717) is 28.6 Å². The molecule has 0 atom stereocenters. The number of halogens is 1. The van der Waals surface area contributed by atoms with Gasteiger partial charge in [0.2, 0.25) is 0 Å². The predicted octanol–water partition coefficient (Wildman–Crippen LogP) is 3.71. The third-order valence-corrected chi connectivity index (χ3v) is 4.20. The monoisotopic (exact) mass is 384 g/mol. The molecule has 0 bridgehead atoms. The number of amides is 4. The molecule has 0 spiro atoms. The Kier molecular flexibility index (Phi) is 5.28. The van der Waals surface area contributed by atoms with Crippen molar-refractivity contribution < 1.29 is 19.1 Å². The molecule has 1 aliphatic rings. The van der Waals surface area contributed by atoms with Crippen molar-refractivity contribution in [3.05, 3.63) is 64.2 Å². The fraction of sp³-hybridized carbons (Fsp3) is 0.150. The van der Waals surface area contributed by atoms with Crippen LogP contribution in [0.4, 0.5) is 10.5 Å². The predicted molar refractivity (Wildman–Crippen MR) is 103 cm³/mol. The molecule has 0 unspecified atom stereocenters. The summed E-state index contributed by atoms with van der Waals surface area (Å²) in [5.74, 6) is -1.00. The molecule has 27 heavy (non-hydrogen) atoms. The second-order valence-electron chi connectivity index (χ2n) is 5.91. The van der Waals surface area contributed by atoms with Gasteiger partial charge in [0.05, 0.1) is 12.3 Å². The molecule has 0 aromatic heterocycles. The highest BCUT2D eigenvalue weighted by atomic mass is 35.5. The van der Waals surface area contributed by atoms with E-state index < -0.39 is 17.8 Å². The Balaban J connectivity index is 2.04. The van der Waals surface area contributed by atoms with Crippen molar-refractivity contribution in [1.82, 2.24) is 5.32 Å². The smallest absolute Gasteiger partial charge is 0.335 e. The number of benzene rings is 2. The average Bonchev–Trinajstić information content (AvgIpc) is 2.62. The normalized spacial score (nSPS) is 15.9.